The van der Waals surface area contributed by atoms with Gasteiger partial charge in [0, 0.05) is 31.2 Å². The molecule has 2 fully saturated rings. The number of hydrogen-bond donors (Lipinski definition) is 1. The predicted molar refractivity (Wildman–Crippen MR) is 86.4 cm³/mol. The van der Waals surface area contributed by atoms with Gasteiger partial charge in [-0.3, -0.25) is 4.90 Å². The second-order valence-electron chi connectivity index (χ2n) is 7.00. The fourth-order valence-corrected chi connectivity index (χ4v) is 4.36. The van der Waals surface area contributed by atoms with Gasteiger partial charge in [-0.05, 0) is 45.2 Å². The maximum Gasteiger partial charge on any atom is 0.0939 e. The van der Waals surface area contributed by atoms with Crippen LogP contribution >= 0.6 is 0 Å². The highest BCUT2D eigenvalue weighted by atomic mass is 16.6. The lowest BCUT2D eigenvalue weighted by Crippen LogP contribution is -2.62. The lowest BCUT2D eigenvalue weighted by molar-refractivity contribution is -0.109. The van der Waals surface area contributed by atoms with Crippen LogP contribution < -0.4 is 5.73 Å². The third kappa shape index (κ3) is 3.29. The largest absolute Gasteiger partial charge is 0.378 e. The summed E-state index contributed by atoms with van der Waals surface area (Å²) in [5.74, 6) is 0.533. The molecule has 2 aliphatic rings. The van der Waals surface area contributed by atoms with Crippen LogP contribution in [0.5, 0.6) is 0 Å². The van der Waals surface area contributed by atoms with Gasteiger partial charge in [0.25, 0.3) is 0 Å². The van der Waals surface area contributed by atoms with E-state index in [-0.39, 0.29) is 17.2 Å². The zero-order chi connectivity index (χ0) is 15.5. The van der Waals surface area contributed by atoms with E-state index < -0.39 is 0 Å². The maximum atomic E-state index is 6.80. The van der Waals surface area contributed by atoms with E-state index in [0.29, 0.717) is 5.92 Å². The number of ether oxygens (including phenoxy) is 2. The predicted octanol–water partition coefficient (Wildman–Crippen LogP) is 2.41. The SMILES string of the molecule is CCN(CC)C(C)(CC)C(N)C1CCOC2(CCOC2)C1. The van der Waals surface area contributed by atoms with Crippen molar-refractivity contribution in [2.75, 3.05) is 32.9 Å². The number of hydrogen-bond acceptors (Lipinski definition) is 4. The van der Waals surface area contributed by atoms with E-state index in [9.17, 15) is 0 Å². The van der Waals surface area contributed by atoms with E-state index in [0.717, 1.165) is 58.6 Å². The Morgan fingerprint density at radius 3 is 2.52 bits per heavy atom. The highest BCUT2D eigenvalue weighted by molar-refractivity contribution is 5.01. The Balaban J connectivity index is 2.11. The van der Waals surface area contributed by atoms with Crippen LogP contribution in [0.25, 0.3) is 0 Å². The molecule has 4 heteroatoms. The molecule has 0 saturated carbocycles. The van der Waals surface area contributed by atoms with Gasteiger partial charge in [0.2, 0.25) is 0 Å². The molecule has 0 aromatic heterocycles. The topological polar surface area (TPSA) is 47.7 Å². The highest BCUT2D eigenvalue weighted by Gasteiger charge is 2.46. The molecule has 2 rings (SSSR count). The third-order valence-electron chi connectivity index (χ3n) is 6.03. The minimum absolute atomic E-state index is 0.0432. The minimum atomic E-state index is -0.0432. The van der Waals surface area contributed by atoms with Gasteiger partial charge in [-0.2, -0.15) is 0 Å². The van der Waals surface area contributed by atoms with Crippen molar-refractivity contribution in [2.45, 2.75) is 70.6 Å². The molecule has 2 heterocycles. The van der Waals surface area contributed by atoms with Crippen LogP contribution in [-0.4, -0.2) is 55.0 Å². The molecule has 4 unspecified atom stereocenters. The molecule has 0 bridgehead atoms. The Labute approximate surface area is 130 Å². The van der Waals surface area contributed by atoms with Crippen LogP contribution in [0.4, 0.5) is 0 Å². The van der Waals surface area contributed by atoms with Crippen LogP contribution in [-0.2, 0) is 9.47 Å². The first-order valence-electron chi connectivity index (χ1n) is 8.73. The first-order valence-corrected chi connectivity index (χ1v) is 8.73. The van der Waals surface area contributed by atoms with E-state index >= 15 is 0 Å². The van der Waals surface area contributed by atoms with Crippen molar-refractivity contribution >= 4 is 0 Å². The van der Waals surface area contributed by atoms with Crippen molar-refractivity contribution < 1.29 is 9.47 Å². The molecule has 2 saturated heterocycles. The Morgan fingerprint density at radius 1 is 1.29 bits per heavy atom. The van der Waals surface area contributed by atoms with Crippen LogP contribution in [0.15, 0.2) is 0 Å². The second kappa shape index (κ2) is 6.95. The first kappa shape index (κ1) is 17.2. The zero-order valence-corrected chi connectivity index (χ0v) is 14.4. The molecule has 0 aliphatic carbocycles. The quantitative estimate of drug-likeness (QED) is 0.818. The molecule has 1 spiro atoms. The summed E-state index contributed by atoms with van der Waals surface area (Å²) in [7, 11) is 0. The summed E-state index contributed by atoms with van der Waals surface area (Å²) < 4.78 is 11.7. The second-order valence-corrected chi connectivity index (χ2v) is 7.00. The van der Waals surface area contributed by atoms with Crippen molar-refractivity contribution in [2.24, 2.45) is 11.7 Å². The standard InChI is InChI=1S/C17H34N2O2/c1-5-16(4,19(6-2)7-3)15(18)14-8-10-21-17(12-14)9-11-20-13-17/h14-15H,5-13,18H2,1-4H3. The first-order chi connectivity index (χ1) is 10.0. The van der Waals surface area contributed by atoms with Gasteiger partial charge in [-0.1, -0.05) is 20.8 Å². The van der Waals surface area contributed by atoms with Crippen LogP contribution in [0.3, 0.4) is 0 Å². The number of nitrogens with two attached hydrogens (primary N) is 1. The van der Waals surface area contributed by atoms with Crippen LogP contribution in [0.1, 0.15) is 53.4 Å². The number of likely N-dealkylation sites (N-methyl/N-ethyl adjacent to an activating group) is 1. The molecule has 2 aliphatic heterocycles. The van der Waals surface area contributed by atoms with Crippen molar-refractivity contribution in [3.8, 4) is 0 Å². The van der Waals surface area contributed by atoms with Gasteiger partial charge in [-0.15, -0.1) is 0 Å². The van der Waals surface area contributed by atoms with E-state index in [2.05, 4.69) is 32.6 Å². The fraction of sp³-hybridized carbons (Fsp3) is 1.00. The summed E-state index contributed by atoms with van der Waals surface area (Å²) in [5, 5.41) is 0. The molecular weight excluding hydrogens is 264 g/mol. The Bertz CT molecular complexity index is 327. The molecule has 2 N–H and O–H groups in total. The van der Waals surface area contributed by atoms with Crippen molar-refractivity contribution in [3.63, 3.8) is 0 Å². The van der Waals surface area contributed by atoms with Gasteiger partial charge in [0.15, 0.2) is 0 Å². The van der Waals surface area contributed by atoms with E-state index in [1.54, 1.807) is 0 Å². The molecule has 0 radical (unpaired) electrons. The monoisotopic (exact) mass is 298 g/mol. The summed E-state index contributed by atoms with van der Waals surface area (Å²) in [6.07, 6.45) is 4.27. The maximum absolute atomic E-state index is 6.80. The average molecular weight is 298 g/mol. The molecule has 21 heavy (non-hydrogen) atoms. The van der Waals surface area contributed by atoms with Crippen LogP contribution in [0, 0.1) is 5.92 Å². The normalized spacial score (nSPS) is 34.3. The molecule has 124 valence electrons. The van der Waals surface area contributed by atoms with E-state index in [1.165, 1.54) is 0 Å². The number of rotatable bonds is 6. The molecular formula is C17H34N2O2. The summed E-state index contributed by atoms with van der Waals surface area (Å²) in [5.41, 5.74) is 6.83. The summed E-state index contributed by atoms with van der Waals surface area (Å²) in [6.45, 7) is 13.6. The Hall–Kier alpha value is -0.160. The fourth-order valence-electron chi connectivity index (χ4n) is 4.36. The molecule has 0 amide bonds. The van der Waals surface area contributed by atoms with Crippen molar-refractivity contribution in [1.82, 2.24) is 4.90 Å². The summed E-state index contributed by atoms with van der Waals surface area (Å²) in [4.78, 5) is 2.53. The highest BCUT2D eigenvalue weighted by Crippen LogP contribution is 2.40. The average Bonchev–Trinajstić information content (AvgIpc) is 2.95. The molecule has 0 aromatic rings. The lowest BCUT2D eigenvalue weighted by atomic mass is 9.73. The van der Waals surface area contributed by atoms with Gasteiger partial charge in [0.05, 0.1) is 12.2 Å². The lowest BCUT2D eigenvalue weighted by Gasteiger charge is -2.49. The van der Waals surface area contributed by atoms with E-state index in [4.69, 9.17) is 15.2 Å². The van der Waals surface area contributed by atoms with Gasteiger partial charge in [-0.25, -0.2) is 0 Å². The van der Waals surface area contributed by atoms with Crippen LogP contribution in [0.2, 0.25) is 0 Å². The Kier molecular flexibility index (Phi) is 5.69. The summed E-state index contributed by atoms with van der Waals surface area (Å²) >= 11 is 0. The smallest absolute Gasteiger partial charge is 0.0939 e. The van der Waals surface area contributed by atoms with Gasteiger partial charge < -0.3 is 15.2 Å². The Morgan fingerprint density at radius 2 is 2.00 bits per heavy atom. The molecule has 4 nitrogen and oxygen atoms in total. The minimum Gasteiger partial charge on any atom is -0.378 e. The van der Waals surface area contributed by atoms with Crippen molar-refractivity contribution in [1.29, 1.82) is 0 Å². The zero-order valence-electron chi connectivity index (χ0n) is 14.4. The van der Waals surface area contributed by atoms with Gasteiger partial charge >= 0.3 is 0 Å². The molecule has 0 aromatic carbocycles. The molecule has 4 atom stereocenters. The van der Waals surface area contributed by atoms with Crippen molar-refractivity contribution in [3.05, 3.63) is 0 Å². The van der Waals surface area contributed by atoms with E-state index in [1.807, 2.05) is 0 Å². The summed E-state index contributed by atoms with van der Waals surface area (Å²) in [6, 6.07) is 0.198. The van der Waals surface area contributed by atoms with Gasteiger partial charge in [0.1, 0.15) is 0 Å². The third-order valence-corrected chi connectivity index (χ3v) is 6.03. The number of nitrogens with zero attached hydrogens (tertiary/aromatic N) is 1.